The summed E-state index contributed by atoms with van der Waals surface area (Å²) in [5, 5.41) is 0. The molecule has 1 aromatic rings. The average molecular weight is 339 g/mol. The van der Waals surface area contributed by atoms with Crippen LogP contribution < -0.4 is 14.2 Å². The van der Waals surface area contributed by atoms with Crippen molar-refractivity contribution >= 4 is 11.8 Å². The molecule has 0 aliphatic carbocycles. The smallest absolute Gasteiger partial charge is 0.323 e. The van der Waals surface area contributed by atoms with Crippen molar-refractivity contribution in [3.63, 3.8) is 0 Å². The molecule has 2 heterocycles. The van der Waals surface area contributed by atoms with Gasteiger partial charge in [-0.2, -0.15) is 21.7 Å². The minimum absolute atomic E-state index is 0.0212. The molecule has 0 amide bonds. The second-order valence-corrected chi connectivity index (χ2v) is 6.48. The van der Waals surface area contributed by atoms with Gasteiger partial charge >= 0.3 is 6.01 Å². The van der Waals surface area contributed by atoms with Crippen molar-refractivity contribution in [2.75, 3.05) is 45.4 Å². The molecule has 23 heavy (non-hydrogen) atoms. The molecular weight excluding hydrogens is 314 g/mol. The maximum absolute atomic E-state index is 6.03. The molecule has 1 aliphatic rings. The maximum Gasteiger partial charge on any atom is 0.323 e. The van der Waals surface area contributed by atoms with E-state index in [9.17, 15) is 0 Å². The second-order valence-electron chi connectivity index (χ2n) is 5.25. The molecule has 0 spiro atoms. The number of allylic oxidation sites excluding steroid dienone is 1. The van der Waals surface area contributed by atoms with E-state index in [1.807, 2.05) is 17.8 Å². The predicted octanol–water partition coefficient (Wildman–Crippen LogP) is 2.26. The summed E-state index contributed by atoms with van der Waals surface area (Å²) < 4.78 is 16.4. The molecule has 7 heteroatoms. The fourth-order valence-corrected chi connectivity index (χ4v) is 3.34. The summed E-state index contributed by atoms with van der Waals surface area (Å²) >= 11 is 2.00. The molecule has 1 aromatic heterocycles. The van der Waals surface area contributed by atoms with E-state index in [1.165, 1.54) is 11.5 Å². The maximum atomic E-state index is 6.03. The summed E-state index contributed by atoms with van der Waals surface area (Å²) in [4.78, 5) is 10.9. The van der Waals surface area contributed by atoms with Crippen molar-refractivity contribution in [2.24, 2.45) is 0 Å². The number of hydrogen-bond donors (Lipinski definition) is 0. The van der Waals surface area contributed by atoms with Gasteiger partial charge in [0.05, 0.1) is 20.3 Å². The largest absolute Gasteiger partial charge is 0.481 e. The Balaban J connectivity index is 2.04. The van der Waals surface area contributed by atoms with E-state index in [0.29, 0.717) is 17.8 Å². The highest BCUT2D eigenvalue weighted by molar-refractivity contribution is 7.99. The van der Waals surface area contributed by atoms with E-state index >= 15 is 0 Å². The standard InChI is InChI=1S/C16H25N3O3S/c1-4-5-6-13(12-19-7-9-23-10-8-19)22-16-17-14(20-2)11-15(18-16)21-3/h4,11,13H,1,5-10,12H2,2-3H3/t13-/m0/s1. The zero-order chi connectivity index (χ0) is 16.5. The minimum atomic E-state index is 0.0212. The van der Waals surface area contributed by atoms with Crippen LogP contribution in [0.5, 0.6) is 17.8 Å². The van der Waals surface area contributed by atoms with E-state index in [1.54, 1.807) is 20.3 Å². The summed E-state index contributed by atoms with van der Waals surface area (Å²) in [6.45, 7) is 6.87. The van der Waals surface area contributed by atoms with Gasteiger partial charge in [-0.15, -0.1) is 6.58 Å². The molecule has 1 atom stereocenters. The highest BCUT2D eigenvalue weighted by Gasteiger charge is 2.19. The molecule has 0 bridgehead atoms. The third kappa shape index (κ3) is 5.91. The Bertz CT molecular complexity index is 473. The van der Waals surface area contributed by atoms with Crippen molar-refractivity contribution in [3.05, 3.63) is 18.7 Å². The normalized spacial score (nSPS) is 16.6. The number of nitrogens with zero attached hydrogens (tertiary/aromatic N) is 3. The molecule has 2 rings (SSSR count). The lowest BCUT2D eigenvalue weighted by molar-refractivity contribution is 0.120. The zero-order valence-corrected chi connectivity index (χ0v) is 14.7. The molecule has 0 N–H and O–H groups in total. The van der Waals surface area contributed by atoms with Crippen LogP contribution >= 0.6 is 11.8 Å². The molecule has 0 saturated carbocycles. The number of hydrogen-bond acceptors (Lipinski definition) is 7. The summed E-state index contributed by atoms with van der Waals surface area (Å²) in [6.07, 6.45) is 3.72. The van der Waals surface area contributed by atoms with Crippen LogP contribution in [0.15, 0.2) is 18.7 Å². The van der Waals surface area contributed by atoms with Gasteiger partial charge in [-0.05, 0) is 12.8 Å². The zero-order valence-electron chi connectivity index (χ0n) is 13.9. The lowest BCUT2D eigenvalue weighted by Crippen LogP contribution is -2.40. The van der Waals surface area contributed by atoms with E-state index in [2.05, 4.69) is 21.4 Å². The van der Waals surface area contributed by atoms with Crippen molar-refractivity contribution in [3.8, 4) is 17.8 Å². The van der Waals surface area contributed by atoms with Gasteiger partial charge in [-0.1, -0.05) is 6.08 Å². The van der Waals surface area contributed by atoms with Crippen LogP contribution in [0.25, 0.3) is 0 Å². The van der Waals surface area contributed by atoms with Gasteiger partial charge in [0.2, 0.25) is 11.8 Å². The minimum Gasteiger partial charge on any atom is -0.481 e. The Morgan fingerprint density at radius 3 is 2.48 bits per heavy atom. The first kappa shape index (κ1) is 17.9. The molecule has 1 saturated heterocycles. The van der Waals surface area contributed by atoms with Gasteiger partial charge in [0, 0.05) is 31.1 Å². The highest BCUT2D eigenvalue weighted by atomic mass is 32.2. The molecule has 6 nitrogen and oxygen atoms in total. The molecule has 0 radical (unpaired) electrons. The van der Waals surface area contributed by atoms with E-state index in [4.69, 9.17) is 14.2 Å². The summed E-state index contributed by atoms with van der Waals surface area (Å²) in [5.74, 6) is 3.22. The van der Waals surface area contributed by atoms with E-state index < -0.39 is 0 Å². The Kier molecular flexibility index (Phi) is 7.48. The fourth-order valence-electron chi connectivity index (χ4n) is 2.36. The monoisotopic (exact) mass is 339 g/mol. The van der Waals surface area contributed by atoms with Crippen LogP contribution in [0.1, 0.15) is 12.8 Å². The van der Waals surface area contributed by atoms with Gasteiger partial charge in [0.25, 0.3) is 0 Å². The summed E-state index contributed by atoms with van der Waals surface area (Å²) in [5.41, 5.74) is 0. The SMILES string of the molecule is C=CCC[C@@H](CN1CCSCC1)Oc1nc(OC)cc(OC)n1. The van der Waals surface area contributed by atoms with Crippen LogP contribution in [-0.2, 0) is 0 Å². The lowest BCUT2D eigenvalue weighted by Gasteiger charge is -2.30. The third-order valence-corrected chi connectivity index (χ3v) is 4.55. The number of aromatic nitrogens is 2. The van der Waals surface area contributed by atoms with Crippen LogP contribution in [0.3, 0.4) is 0 Å². The van der Waals surface area contributed by atoms with E-state index in [-0.39, 0.29) is 6.10 Å². The van der Waals surface area contributed by atoms with Crippen LogP contribution in [-0.4, -0.2) is 66.3 Å². The average Bonchev–Trinajstić information content (AvgIpc) is 2.60. The molecule has 1 aliphatic heterocycles. The van der Waals surface area contributed by atoms with Gasteiger partial charge in [-0.3, -0.25) is 4.90 Å². The van der Waals surface area contributed by atoms with Crippen LogP contribution in [0.4, 0.5) is 0 Å². The van der Waals surface area contributed by atoms with E-state index in [0.717, 1.165) is 32.5 Å². The number of rotatable bonds is 9. The number of thioether (sulfide) groups is 1. The van der Waals surface area contributed by atoms with Gasteiger partial charge in [0.1, 0.15) is 6.10 Å². The van der Waals surface area contributed by atoms with Crippen molar-refractivity contribution < 1.29 is 14.2 Å². The van der Waals surface area contributed by atoms with Crippen LogP contribution in [0.2, 0.25) is 0 Å². The first-order valence-electron chi connectivity index (χ1n) is 7.80. The second kappa shape index (κ2) is 9.62. The fraction of sp³-hybridized carbons (Fsp3) is 0.625. The van der Waals surface area contributed by atoms with Crippen molar-refractivity contribution in [1.82, 2.24) is 14.9 Å². The Labute approximate surface area is 142 Å². The first-order valence-corrected chi connectivity index (χ1v) is 8.95. The molecule has 0 aromatic carbocycles. The van der Waals surface area contributed by atoms with Crippen LogP contribution in [0, 0.1) is 0 Å². The quantitative estimate of drug-likeness (QED) is 0.640. The molecule has 128 valence electrons. The molecule has 1 fully saturated rings. The van der Waals surface area contributed by atoms with Crippen molar-refractivity contribution in [1.29, 1.82) is 0 Å². The number of ether oxygens (including phenoxy) is 3. The molecule has 0 unspecified atom stereocenters. The van der Waals surface area contributed by atoms with Gasteiger partial charge in [-0.25, -0.2) is 0 Å². The topological polar surface area (TPSA) is 56.7 Å². The number of methoxy groups -OCH3 is 2. The first-order chi connectivity index (χ1) is 11.2. The molecular formula is C16H25N3O3S. The highest BCUT2D eigenvalue weighted by Crippen LogP contribution is 2.21. The van der Waals surface area contributed by atoms with Gasteiger partial charge < -0.3 is 14.2 Å². The third-order valence-electron chi connectivity index (χ3n) is 3.61. The lowest BCUT2D eigenvalue weighted by atomic mass is 10.2. The van der Waals surface area contributed by atoms with Crippen molar-refractivity contribution in [2.45, 2.75) is 18.9 Å². The summed E-state index contributed by atoms with van der Waals surface area (Å²) in [7, 11) is 3.12. The Morgan fingerprint density at radius 2 is 1.91 bits per heavy atom. The van der Waals surface area contributed by atoms with Gasteiger partial charge in [0.15, 0.2) is 0 Å². The Morgan fingerprint density at radius 1 is 1.26 bits per heavy atom. The predicted molar refractivity (Wildman–Crippen MR) is 92.7 cm³/mol. The summed E-state index contributed by atoms with van der Waals surface area (Å²) in [6, 6.07) is 1.93. The Hall–Kier alpha value is -1.47.